The molecule has 0 saturated carbocycles. The van der Waals surface area contributed by atoms with E-state index in [0.29, 0.717) is 17.4 Å². The molecule has 0 fully saturated rings. The maximum absolute atomic E-state index is 5.99. The number of para-hydroxylation sites is 1. The number of nitrogens with zero attached hydrogens (tertiary/aromatic N) is 3. The molecule has 1 aromatic rings. The van der Waals surface area contributed by atoms with Crippen molar-refractivity contribution >= 4 is 34.5 Å². The van der Waals surface area contributed by atoms with E-state index in [1.54, 1.807) is 0 Å². The van der Waals surface area contributed by atoms with Gasteiger partial charge in [0.05, 0.1) is 6.54 Å². The van der Waals surface area contributed by atoms with Gasteiger partial charge in [-0.05, 0) is 11.6 Å². The molecule has 1 N–H and O–H groups in total. The van der Waals surface area contributed by atoms with Crippen LogP contribution in [-0.4, -0.2) is 23.4 Å². The quantitative estimate of drug-likeness (QED) is 0.731. The average Bonchev–Trinajstić information content (AvgIpc) is 2.48. The zero-order valence-corrected chi connectivity index (χ0v) is 9.15. The molecule has 16 heavy (non-hydrogen) atoms. The summed E-state index contributed by atoms with van der Waals surface area (Å²) in [5.41, 5.74) is 2.90. The highest BCUT2D eigenvalue weighted by molar-refractivity contribution is 6.85. The number of fused-ring (bicyclic) bond motifs is 2. The molecule has 0 aliphatic carbocycles. The molecule has 2 aliphatic heterocycles. The topological polar surface area (TPSA) is 49.1 Å². The fourth-order valence-electron chi connectivity index (χ4n) is 1.77. The highest BCUT2D eigenvalue weighted by atomic mass is 35.5. The Kier molecular flexibility index (Phi) is 2.22. The van der Waals surface area contributed by atoms with Crippen molar-refractivity contribution in [3.8, 4) is 0 Å². The first-order valence-corrected chi connectivity index (χ1v) is 5.36. The average molecular weight is 233 g/mol. The van der Waals surface area contributed by atoms with Gasteiger partial charge in [-0.2, -0.15) is 0 Å². The molecule has 80 valence electrons. The predicted octanol–water partition coefficient (Wildman–Crippen LogP) is 2.06. The van der Waals surface area contributed by atoms with Gasteiger partial charge in [0.1, 0.15) is 12.1 Å². The lowest BCUT2D eigenvalue weighted by atomic mass is 10.2. The fraction of sp³-hybridized carbons (Fsp3) is 0.182. The molecule has 3 rings (SSSR count). The van der Waals surface area contributed by atoms with Crippen molar-refractivity contribution < 1.29 is 0 Å². The molecule has 1 unspecified atom stereocenters. The number of hydrogen-bond donors (Lipinski definition) is 1. The summed E-state index contributed by atoms with van der Waals surface area (Å²) in [7, 11) is 0. The summed E-state index contributed by atoms with van der Waals surface area (Å²) in [4.78, 5) is 12.6. The van der Waals surface area contributed by atoms with Crippen LogP contribution in [0.1, 0.15) is 5.56 Å². The monoisotopic (exact) mass is 232 g/mol. The first kappa shape index (κ1) is 9.54. The molecule has 2 heterocycles. The summed E-state index contributed by atoms with van der Waals surface area (Å²) in [5.74, 6) is 0. The second kappa shape index (κ2) is 3.72. The van der Waals surface area contributed by atoms with Crippen molar-refractivity contribution in [2.45, 2.75) is 12.7 Å². The van der Waals surface area contributed by atoms with Gasteiger partial charge in [0.2, 0.25) is 0 Å². The van der Waals surface area contributed by atoms with Crippen LogP contribution in [0.15, 0.2) is 39.2 Å². The number of halogens is 1. The van der Waals surface area contributed by atoms with E-state index < -0.39 is 0 Å². The maximum Gasteiger partial charge on any atom is 0.166 e. The van der Waals surface area contributed by atoms with Gasteiger partial charge in [-0.25, -0.2) is 9.98 Å². The Morgan fingerprint density at radius 2 is 2.19 bits per heavy atom. The van der Waals surface area contributed by atoms with Crippen molar-refractivity contribution in [2.75, 3.05) is 5.32 Å². The second-order valence-corrected chi connectivity index (χ2v) is 3.95. The minimum atomic E-state index is -0.214. The summed E-state index contributed by atoms with van der Waals surface area (Å²) in [6, 6.07) is 8.04. The number of rotatable bonds is 0. The summed E-state index contributed by atoms with van der Waals surface area (Å²) in [6.45, 7) is 0.607. The molecule has 0 saturated heterocycles. The maximum atomic E-state index is 5.99. The number of hydrogen-bond acceptors (Lipinski definition) is 4. The van der Waals surface area contributed by atoms with E-state index in [4.69, 9.17) is 11.6 Å². The van der Waals surface area contributed by atoms with Gasteiger partial charge < -0.3 is 5.32 Å². The summed E-state index contributed by atoms with van der Waals surface area (Å²) >= 11 is 5.99. The third kappa shape index (κ3) is 1.51. The van der Waals surface area contributed by atoms with Gasteiger partial charge in [-0.1, -0.05) is 29.8 Å². The van der Waals surface area contributed by atoms with Gasteiger partial charge in [-0.3, -0.25) is 4.99 Å². The van der Waals surface area contributed by atoms with Gasteiger partial charge in [0, 0.05) is 5.69 Å². The molecular formula is C11H9ClN4. The highest BCUT2D eigenvalue weighted by Gasteiger charge is 2.24. The molecule has 0 spiro atoms. The molecule has 4 nitrogen and oxygen atoms in total. The van der Waals surface area contributed by atoms with Crippen LogP contribution in [-0.2, 0) is 6.54 Å². The first-order chi connectivity index (χ1) is 7.84. The standard InChI is InChI=1S/C11H9ClN4/c12-10-9-11(15-6-14-10)16-8-4-2-1-3-7(8)5-13-9/h1-4,6,11,16H,5H2. The molecular weight excluding hydrogens is 224 g/mol. The summed E-state index contributed by atoms with van der Waals surface area (Å²) < 4.78 is 0. The van der Waals surface area contributed by atoms with Crippen molar-refractivity contribution in [1.82, 2.24) is 0 Å². The Morgan fingerprint density at radius 3 is 3.12 bits per heavy atom. The largest absolute Gasteiger partial charge is 0.358 e. The lowest BCUT2D eigenvalue weighted by Gasteiger charge is -2.17. The fourth-order valence-corrected chi connectivity index (χ4v) is 1.98. The van der Waals surface area contributed by atoms with E-state index in [-0.39, 0.29) is 6.17 Å². The molecule has 0 amide bonds. The molecule has 1 atom stereocenters. The Labute approximate surface area is 97.8 Å². The van der Waals surface area contributed by atoms with E-state index in [1.807, 2.05) is 24.3 Å². The SMILES string of the molecule is ClC1=NC=NC2Nc3ccccc3CN=C12. The Morgan fingerprint density at radius 1 is 1.31 bits per heavy atom. The molecule has 5 heteroatoms. The molecule has 1 aromatic carbocycles. The van der Waals surface area contributed by atoms with Crippen molar-refractivity contribution in [2.24, 2.45) is 15.0 Å². The molecule has 0 bridgehead atoms. The van der Waals surface area contributed by atoms with Crippen LogP contribution in [0.3, 0.4) is 0 Å². The molecule has 0 aromatic heterocycles. The van der Waals surface area contributed by atoms with Crippen molar-refractivity contribution in [3.05, 3.63) is 29.8 Å². The zero-order valence-electron chi connectivity index (χ0n) is 8.39. The van der Waals surface area contributed by atoms with Crippen LogP contribution >= 0.6 is 11.6 Å². The van der Waals surface area contributed by atoms with E-state index in [0.717, 1.165) is 11.3 Å². The molecule has 2 aliphatic rings. The van der Waals surface area contributed by atoms with Crippen LogP contribution in [0.4, 0.5) is 5.69 Å². The Balaban J connectivity index is 2.04. The van der Waals surface area contributed by atoms with Gasteiger partial charge in [0.25, 0.3) is 0 Å². The number of nitrogens with one attached hydrogen (secondary N) is 1. The first-order valence-electron chi connectivity index (χ1n) is 4.99. The van der Waals surface area contributed by atoms with Gasteiger partial charge in [0.15, 0.2) is 11.3 Å². The zero-order chi connectivity index (χ0) is 11.0. The predicted molar refractivity (Wildman–Crippen MR) is 66.8 cm³/mol. The number of anilines is 1. The minimum absolute atomic E-state index is 0.214. The lowest BCUT2D eigenvalue weighted by Crippen LogP contribution is -2.33. The van der Waals surface area contributed by atoms with E-state index >= 15 is 0 Å². The van der Waals surface area contributed by atoms with Crippen LogP contribution < -0.4 is 5.32 Å². The minimum Gasteiger partial charge on any atom is -0.358 e. The smallest absolute Gasteiger partial charge is 0.166 e. The van der Waals surface area contributed by atoms with E-state index in [1.165, 1.54) is 6.34 Å². The van der Waals surface area contributed by atoms with Crippen LogP contribution in [0, 0.1) is 0 Å². The molecule has 0 radical (unpaired) electrons. The van der Waals surface area contributed by atoms with Crippen LogP contribution in [0.25, 0.3) is 0 Å². The Bertz CT molecular complexity index is 518. The normalized spacial score (nSPS) is 22.2. The highest BCUT2D eigenvalue weighted by Crippen LogP contribution is 2.22. The second-order valence-electron chi connectivity index (χ2n) is 3.59. The lowest BCUT2D eigenvalue weighted by molar-refractivity contribution is 0.996. The number of aliphatic imine (C=N–C) groups is 3. The summed E-state index contributed by atoms with van der Waals surface area (Å²) in [6.07, 6.45) is 1.25. The van der Waals surface area contributed by atoms with E-state index in [2.05, 4.69) is 20.3 Å². The van der Waals surface area contributed by atoms with Gasteiger partial charge >= 0.3 is 0 Å². The van der Waals surface area contributed by atoms with E-state index in [9.17, 15) is 0 Å². The van der Waals surface area contributed by atoms with Gasteiger partial charge in [-0.15, -0.1) is 0 Å². The van der Waals surface area contributed by atoms with Crippen molar-refractivity contribution in [1.29, 1.82) is 0 Å². The summed E-state index contributed by atoms with van der Waals surface area (Å²) in [5, 5.41) is 3.71. The third-order valence-corrected chi connectivity index (χ3v) is 2.88. The third-order valence-electron chi connectivity index (χ3n) is 2.59. The number of benzene rings is 1. The van der Waals surface area contributed by atoms with Crippen LogP contribution in [0.2, 0.25) is 0 Å². The van der Waals surface area contributed by atoms with Crippen molar-refractivity contribution in [3.63, 3.8) is 0 Å². The van der Waals surface area contributed by atoms with Crippen LogP contribution in [0.5, 0.6) is 0 Å². The Hall–Kier alpha value is -1.68.